The van der Waals surface area contributed by atoms with Crippen LogP contribution in [0, 0.1) is 0 Å². The Bertz CT molecular complexity index is 1270. The number of nitrogens with one attached hydrogen (secondary N) is 2. The van der Waals surface area contributed by atoms with E-state index in [4.69, 9.17) is 0 Å². The molecule has 4 aromatic heterocycles. The van der Waals surface area contributed by atoms with Crippen LogP contribution in [-0.2, 0) is 6.18 Å². The minimum Gasteiger partial charge on any atom is -0.368 e. The Hall–Kier alpha value is -3.56. The van der Waals surface area contributed by atoms with Gasteiger partial charge in [-0.3, -0.25) is 9.20 Å². The normalized spacial score (nSPS) is 19.3. The molecule has 0 unspecified atom stereocenters. The zero-order valence-corrected chi connectivity index (χ0v) is 17.0. The number of anilines is 1. The van der Waals surface area contributed by atoms with Crippen LogP contribution in [0.2, 0.25) is 0 Å². The van der Waals surface area contributed by atoms with E-state index in [9.17, 15) is 18.0 Å². The Morgan fingerprint density at radius 2 is 1.88 bits per heavy atom. The van der Waals surface area contributed by atoms with Crippen molar-refractivity contribution in [2.45, 2.75) is 43.9 Å². The van der Waals surface area contributed by atoms with Crippen LogP contribution in [0.5, 0.6) is 0 Å². The molecule has 0 bridgehead atoms. The molecule has 1 aliphatic rings. The van der Waals surface area contributed by atoms with Gasteiger partial charge in [0.05, 0.1) is 18.0 Å². The predicted octanol–water partition coefficient (Wildman–Crippen LogP) is 4.15. The number of nitrogens with zero attached hydrogens (tertiary/aromatic N) is 4. The topological polar surface area (TPSA) is 75.7 Å². The van der Waals surface area contributed by atoms with Crippen molar-refractivity contribution in [3.63, 3.8) is 0 Å². The van der Waals surface area contributed by atoms with Gasteiger partial charge in [0, 0.05) is 30.0 Å². The standard InChI is InChI=1S/C22H21F3N6O/c23-22(24,25)18-12-31-19(2-1-3-20(31)29-18)27-15-4-6-16(7-5-15)28-21(32)14-8-9-30-13-26-11-17(30)10-14/h1-3,8-13,15-16,27H,4-7H2,(H,28,32). The van der Waals surface area contributed by atoms with Gasteiger partial charge in [-0.1, -0.05) is 6.07 Å². The first-order valence-corrected chi connectivity index (χ1v) is 10.4. The van der Waals surface area contributed by atoms with E-state index >= 15 is 0 Å². The second-order valence-electron chi connectivity index (χ2n) is 8.07. The predicted molar refractivity (Wildman–Crippen MR) is 113 cm³/mol. The number of alkyl halides is 3. The highest BCUT2D eigenvalue weighted by atomic mass is 19.4. The summed E-state index contributed by atoms with van der Waals surface area (Å²) in [6.07, 6.45) is 4.87. The summed E-state index contributed by atoms with van der Waals surface area (Å²) in [5.41, 5.74) is 0.782. The first-order valence-electron chi connectivity index (χ1n) is 10.4. The van der Waals surface area contributed by atoms with Gasteiger partial charge in [0.25, 0.3) is 5.91 Å². The van der Waals surface area contributed by atoms with Crippen molar-refractivity contribution < 1.29 is 18.0 Å². The lowest BCUT2D eigenvalue weighted by Gasteiger charge is -2.30. The summed E-state index contributed by atoms with van der Waals surface area (Å²) in [6.45, 7) is 0. The molecular weight excluding hydrogens is 421 g/mol. The van der Waals surface area contributed by atoms with Crippen LogP contribution in [0.15, 0.2) is 55.2 Å². The Morgan fingerprint density at radius 1 is 1.09 bits per heavy atom. The maximum absolute atomic E-state index is 13.0. The smallest absolute Gasteiger partial charge is 0.368 e. The summed E-state index contributed by atoms with van der Waals surface area (Å²) in [4.78, 5) is 20.3. The van der Waals surface area contributed by atoms with E-state index in [1.807, 2.05) is 4.40 Å². The molecule has 4 aromatic rings. The zero-order valence-electron chi connectivity index (χ0n) is 17.0. The van der Waals surface area contributed by atoms with Crippen molar-refractivity contribution in [3.8, 4) is 0 Å². The van der Waals surface area contributed by atoms with Gasteiger partial charge >= 0.3 is 6.18 Å². The van der Waals surface area contributed by atoms with Crippen LogP contribution in [0.4, 0.5) is 19.0 Å². The lowest BCUT2D eigenvalue weighted by molar-refractivity contribution is -0.140. The summed E-state index contributed by atoms with van der Waals surface area (Å²) in [5, 5.41) is 6.43. The molecule has 166 valence electrons. The number of aromatic nitrogens is 4. The highest BCUT2D eigenvalue weighted by molar-refractivity contribution is 5.95. The molecule has 1 saturated carbocycles. The third-order valence-corrected chi connectivity index (χ3v) is 5.87. The van der Waals surface area contributed by atoms with E-state index in [-0.39, 0.29) is 23.6 Å². The maximum atomic E-state index is 13.0. The molecule has 2 N–H and O–H groups in total. The molecule has 0 aromatic carbocycles. The van der Waals surface area contributed by atoms with Crippen LogP contribution in [0.3, 0.4) is 0 Å². The van der Waals surface area contributed by atoms with Gasteiger partial charge in [-0.2, -0.15) is 13.2 Å². The molecule has 10 heteroatoms. The fourth-order valence-corrected chi connectivity index (χ4v) is 4.19. The number of fused-ring (bicyclic) bond motifs is 2. The molecule has 4 heterocycles. The summed E-state index contributed by atoms with van der Waals surface area (Å²) in [7, 11) is 0. The van der Waals surface area contributed by atoms with Gasteiger partial charge in [0.15, 0.2) is 5.69 Å². The summed E-state index contributed by atoms with van der Waals surface area (Å²) in [6, 6.07) is 8.71. The molecular formula is C22H21F3N6O. The molecule has 1 aliphatic carbocycles. The van der Waals surface area contributed by atoms with Gasteiger partial charge in [-0.25, -0.2) is 9.97 Å². The first kappa shape index (κ1) is 20.3. The third kappa shape index (κ3) is 4.00. The number of carbonyl (C=O) groups excluding carboxylic acids is 1. The molecule has 1 amide bonds. The Balaban J connectivity index is 1.20. The molecule has 7 nitrogen and oxygen atoms in total. The summed E-state index contributed by atoms with van der Waals surface area (Å²) in [5.74, 6) is 0.458. The number of halogens is 3. The van der Waals surface area contributed by atoms with Crippen molar-refractivity contribution in [2.75, 3.05) is 5.32 Å². The number of amides is 1. The monoisotopic (exact) mass is 442 g/mol. The van der Waals surface area contributed by atoms with Crippen molar-refractivity contribution in [3.05, 3.63) is 66.5 Å². The summed E-state index contributed by atoms with van der Waals surface area (Å²) < 4.78 is 42.3. The highest BCUT2D eigenvalue weighted by Gasteiger charge is 2.34. The van der Waals surface area contributed by atoms with Crippen LogP contribution in [0.1, 0.15) is 41.7 Å². The number of hydrogen-bond donors (Lipinski definition) is 2. The fourth-order valence-electron chi connectivity index (χ4n) is 4.19. The third-order valence-electron chi connectivity index (χ3n) is 5.87. The van der Waals surface area contributed by atoms with Gasteiger partial charge in [0.2, 0.25) is 0 Å². The van der Waals surface area contributed by atoms with E-state index in [0.717, 1.165) is 37.4 Å². The largest absolute Gasteiger partial charge is 0.434 e. The number of rotatable bonds is 4. The second kappa shape index (κ2) is 7.85. The average molecular weight is 442 g/mol. The molecule has 0 aliphatic heterocycles. The number of pyridine rings is 2. The van der Waals surface area contributed by atoms with Gasteiger partial charge in [-0.15, -0.1) is 0 Å². The van der Waals surface area contributed by atoms with E-state index in [1.165, 1.54) is 4.40 Å². The van der Waals surface area contributed by atoms with Crippen LogP contribution >= 0.6 is 0 Å². The van der Waals surface area contributed by atoms with Gasteiger partial charge in [0.1, 0.15) is 11.5 Å². The van der Waals surface area contributed by atoms with Crippen molar-refractivity contribution in [1.82, 2.24) is 24.1 Å². The van der Waals surface area contributed by atoms with Crippen molar-refractivity contribution >= 4 is 22.9 Å². The quantitative estimate of drug-likeness (QED) is 0.498. The Morgan fingerprint density at radius 3 is 2.66 bits per heavy atom. The lowest BCUT2D eigenvalue weighted by Crippen LogP contribution is -2.40. The number of imidazole rings is 2. The minimum atomic E-state index is -4.48. The van der Waals surface area contributed by atoms with E-state index in [0.29, 0.717) is 11.4 Å². The SMILES string of the molecule is O=C(NC1CCC(Nc2cccc3nc(C(F)(F)F)cn23)CC1)c1ccn2cncc2c1. The molecule has 0 saturated heterocycles. The number of hydrogen-bond acceptors (Lipinski definition) is 4. The van der Waals surface area contributed by atoms with Crippen LogP contribution in [0.25, 0.3) is 11.2 Å². The molecule has 5 rings (SSSR count). The molecule has 0 radical (unpaired) electrons. The molecule has 1 fully saturated rings. The van der Waals surface area contributed by atoms with Crippen LogP contribution < -0.4 is 10.6 Å². The van der Waals surface area contributed by atoms with E-state index in [1.54, 1.807) is 49.1 Å². The molecule has 32 heavy (non-hydrogen) atoms. The lowest BCUT2D eigenvalue weighted by atomic mass is 9.91. The molecule has 0 atom stereocenters. The van der Waals surface area contributed by atoms with E-state index in [2.05, 4.69) is 20.6 Å². The highest BCUT2D eigenvalue weighted by Crippen LogP contribution is 2.30. The first-order chi connectivity index (χ1) is 15.4. The van der Waals surface area contributed by atoms with Gasteiger partial charge < -0.3 is 15.0 Å². The Kier molecular flexibility index (Phi) is 4.99. The zero-order chi connectivity index (χ0) is 22.3. The Labute approximate surface area is 181 Å². The summed E-state index contributed by atoms with van der Waals surface area (Å²) >= 11 is 0. The number of carbonyl (C=O) groups is 1. The fraction of sp³-hybridized carbons (Fsp3) is 0.318. The van der Waals surface area contributed by atoms with Crippen molar-refractivity contribution in [1.29, 1.82) is 0 Å². The van der Waals surface area contributed by atoms with E-state index < -0.39 is 11.9 Å². The average Bonchev–Trinajstić information content (AvgIpc) is 3.42. The maximum Gasteiger partial charge on any atom is 0.434 e. The minimum absolute atomic E-state index is 0.0579. The molecule has 0 spiro atoms. The van der Waals surface area contributed by atoms with Crippen LogP contribution in [-0.4, -0.2) is 36.8 Å². The van der Waals surface area contributed by atoms with Gasteiger partial charge in [-0.05, 0) is 49.9 Å². The van der Waals surface area contributed by atoms with Crippen molar-refractivity contribution in [2.24, 2.45) is 0 Å². The second-order valence-corrected chi connectivity index (χ2v) is 8.07.